The highest BCUT2D eigenvalue weighted by Crippen LogP contribution is 2.36. The van der Waals surface area contributed by atoms with Gasteiger partial charge in [0.1, 0.15) is 12.8 Å². The number of likely N-dealkylation sites (N-methyl/N-ethyl adjacent to an activating group) is 1. The van der Waals surface area contributed by atoms with Crippen LogP contribution in [-0.4, -0.2) is 65.6 Å². The Morgan fingerprint density at radius 1 is 1.08 bits per heavy atom. The van der Waals surface area contributed by atoms with Gasteiger partial charge < -0.3 is 23.7 Å². The molecule has 0 fully saturated rings. The van der Waals surface area contributed by atoms with Crippen molar-refractivity contribution >= 4 is 38.9 Å². The van der Waals surface area contributed by atoms with Crippen molar-refractivity contribution in [1.82, 2.24) is 9.88 Å². The first-order chi connectivity index (χ1) is 17.5. The summed E-state index contributed by atoms with van der Waals surface area (Å²) in [5, 5.41) is 0.178. The Labute approximate surface area is 222 Å². The van der Waals surface area contributed by atoms with Crippen LogP contribution < -0.4 is 18.7 Å². The van der Waals surface area contributed by atoms with Gasteiger partial charge in [0, 0.05) is 39.3 Å². The van der Waals surface area contributed by atoms with E-state index in [-0.39, 0.29) is 27.9 Å². The summed E-state index contributed by atoms with van der Waals surface area (Å²) in [6, 6.07) is 9.24. The molecule has 1 amide bonds. The van der Waals surface area contributed by atoms with Gasteiger partial charge in [-0.1, -0.05) is 11.6 Å². The van der Waals surface area contributed by atoms with Crippen LogP contribution in [0.3, 0.4) is 0 Å². The van der Waals surface area contributed by atoms with Crippen molar-refractivity contribution in [2.45, 2.75) is 25.3 Å². The van der Waals surface area contributed by atoms with Gasteiger partial charge in [0.2, 0.25) is 5.91 Å². The van der Waals surface area contributed by atoms with E-state index in [1.54, 1.807) is 32.0 Å². The van der Waals surface area contributed by atoms with Crippen LogP contribution in [0.1, 0.15) is 18.5 Å². The molecule has 0 aliphatic carbocycles. The van der Waals surface area contributed by atoms with Gasteiger partial charge in [-0.3, -0.25) is 9.10 Å². The molecule has 1 aromatic heterocycles. The molecule has 200 valence electrons. The molecule has 1 heterocycles. The average molecular weight is 551 g/mol. The van der Waals surface area contributed by atoms with Crippen molar-refractivity contribution in [2.24, 2.45) is 0 Å². The van der Waals surface area contributed by atoms with E-state index >= 15 is 0 Å². The third-order valence-electron chi connectivity index (χ3n) is 5.69. The number of oxazole rings is 1. The van der Waals surface area contributed by atoms with Gasteiger partial charge in [-0.15, -0.1) is 0 Å². The van der Waals surface area contributed by atoms with E-state index in [4.69, 9.17) is 25.5 Å². The second kappa shape index (κ2) is 11.7. The fraction of sp³-hybridized carbons (Fsp3) is 0.360. The molecule has 0 saturated heterocycles. The fourth-order valence-corrected chi connectivity index (χ4v) is 5.36. The Bertz CT molecular complexity index is 1360. The van der Waals surface area contributed by atoms with E-state index in [0.717, 1.165) is 4.31 Å². The normalized spacial score (nSPS) is 11.2. The molecule has 0 atom stereocenters. The number of ether oxygens (including phenoxy) is 2. The number of sulfonamides is 1. The number of rotatable bonds is 11. The number of aryl methyl sites for hydroxylation is 1. The van der Waals surface area contributed by atoms with Crippen molar-refractivity contribution in [1.29, 1.82) is 0 Å². The van der Waals surface area contributed by atoms with Gasteiger partial charge in [-0.25, -0.2) is 13.4 Å². The third-order valence-corrected chi connectivity index (χ3v) is 7.77. The molecule has 10 nitrogen and oxygen atoms in total. The monoisotopic (exact) mass is 550 g/mol. The maximum atomic E-state index is 14.0. The Kier molecular flexibility index (Phi) is 8.93. The summed E-state index contributed by atoms with van der Waals surface area (Å²) in [6.45, 7) is 3.53. The summed E-state index contributed by atoms with van der Waals surface area (Å²) in [5.41, 5.74) is 1.45. The Morgan fingerprint density at radius 2 is 1.78 bits per heavy atom. The van der Waals surface area contributed by atoms with E-state index in [2.05, 4.69) is 4.98 Å². The average Bonchev–Trinajstić information content (AvgIpc) is 3.29. The summed E-state index contributed by atoms with van der Waals surface area (Å²) in [6.07, 6.45) is 1.47. The fourth-order valence-electron chi connectivity index (χ4n) is 3.65. The number of aromatic nitrogens is 1. The number of halogens is 1. The molecular formula is C25H31ClN4O6S. The molecule has 0 bridgehead atoms. The van der Waals surface area contributed by atoms with Crippen LogP contribution in [0.2, 0.25) is 5.02 Å². The summed E-state index contributed by atoms with van der Waals surface area (Å²) in [5.74, 6) is 0.651. The minimum atomic E-state index is -4.27. The molecule has 0 aliphatic rings. The van der Waals surface area contributed by atoms with Crippen molar-refractivity contribution in [3.8, 4) is 11.5 Å². The van der Waals surface area contributed by atoms with Gasteiger partial charge in [-0.2, -0.15) is 0 Å². The first-order valence-electron chi connectivity index (χ1n) is 11.4. The van der Waals surface area contributed by atoms with Gasteiger partial charge in [0.15, 0.2) is 17.4 Å². The molecular weight excluding hydrogens is 520 g/mol. The first kappa shape index (κ1) is 28.1. The highest BCUT2D eigenvalue weighted by Gasteiger charge is 2.31. The maximum absolute atomic E-state index is 14.0. The van der Waals surface area contributed by atoms with Gasteiger partial charge in [-0.05, 0) is 37.3 Å². The number of anilines is 2. The van der Waals surface area contributed by atoms with Crippen LogP contribution in [0.25, 0.3) is 0 Å². The van der Waals surface area contributed by atoms with Gasteiger partial charge in [0.25, 0.3) is 10.0 Å². The van der Waals surface area contributed by atoms with Crippen LogP contribution in [0.5, 0.6) is 11.5 Å². The Balaban J connectivity index is 2.09. The quantitative estimate of drug-likeness (QED) is 0.353. The number of amides is 1. The lowest BCUT2D eigenvalue weighted by Gasteiger charge is -2.29. The van der Waals surface area contributed by atoms with E-state index in [9.17, 15) is 13.2 Å². The summed E-state index contributed by atoms with van der Waals surface area (Å²) >= 11 is 6.51. The SMILES string of the molecule is CCN(Cc1coc(C)n1)C(=O)CN(c1cc(N(C)C)ccc1Cl)S(=O)(=O)c1ccc(OC)c(OC)c1. The number of nitrogens with zero attached hydrogens (tertiary/aromatic N) is 4. The molecule has 0 spiro atoms. The largest absolute Gasteiger partial charge is 0.493 e. The highest BCUT2D eigenvalue weighted by molar-refractivity contribution is 7.92. The Morgan fingerprint density at radius 3 is 2.35 bits per heavy atom. The first-order valence-corrected chi connectivity index (χ1v) is 13.2. The van der Waals surface area contributed by atoms with Crippen molar-refractivity contribution in [3.05, 3.63) is 59.3 Å². The minimum absolute atomic E-state index is 0.0838. The van der Waals surface area contributed by atoms with E-state index in [1.807, 2.05) is 19.0 Å². The summed E-state index contributed by atoms with van der Waals surface area (Å²) in [4.78, 5) is 20.9. The van der Waals surface area contributed by atoms with Gasteiger partial charge in [0.05, 0.1) is 42.1 Å². The second-order valence-electron chi connectivity index (χ2n) is 8.32. The maximum Gasteiger partial charge on any atom is 0.264 e. The third kappa shape index (κ3) is 6.28. The molecule has 0 radical (unpaired) electrons. The van der Waals surface area contributed by atoms with E-state index < -0.39 is 22.5 Å². The zero-order valence-electron chi connectivity index (χ0n) is 21.7. The zero-order valence-corrected chi connectivity index (χ0v) is 23.3. The zero-order chi connectivity index (χ0) is 27.3. The summed E-state index contributed by atoms with van der Waals surface area (Å²) in [7, 11) is 2.25. The highest BCUT2D eigenvalue weighted by atomic mass is 35.5. The van der Waals surface area contributed by atoms with Crippen molar-refractivity contribution in [2.75, 3.05) is 50.6 Å². The molecule has 3 aromatic rings. The van der Waals surface area contributed by atoms with Crippen LogP contribution in [0.4, 0.5) is 11.4 Å². The molecule has 3 rings (SSSR count). The molecule has 0 unspecified atom stereocenters. The number of carbonyl (C=O) groups is 1. The Hall–Kier alpha value is -3.44. The lowest BCUT2D eigenvalue weighted by molar-refractivity contribution is -0.130. The standard InChI is InChI=1S/C25H31ClN4O6S/c1-7-29(14-18-16-36-17(2)27-18)25(31)15-30(22-12-19(28(3)4)8-10-21(22)26)37(32,33)20-9-11-23(34-5)24(13-20)35-6/h8-13,16H,7,14-15H2,1-6H3. The molecule has 0 N–H and O–H groups in total. The topological polar surface area (TPSA) is 105 Å². The minimum Gasteiger partial charge on any atom is -0.493 e. The van der Waals surface area contributed by atoms with Crippen LogP contribution in [-0.2, 0) is 21.4 Å². The van der Waals surface area contributed by atoms with Gasteiger partial charge >= 0.3 is 0 Å². The van der Waals surface area contributed by atoms with E-state index in [1.165, 1.54) is 43.6 Å². The lowest BCUT2D eigenvalue weighted by Crippen LogP contribution is -2.43. The predicted molar refractivity (Wildman–Crippen MR) is 142 cm³/mol. The number of benzene rings is 2. The van der Waals surface area contributed by atoms with Crippen molar-refractivity contribution in [3.63, 3.8) is 0 Å². The number of hydrogen-bond donors (Lipinski definition) is 0. The molecule has 37 heavy (non-hydrogen) atoms. The number of hydrogen-bond acceptors (Lipinski definition) is 8. The molecule has 2 aromatic carbocycles. The molecule has 12 heteroatoms. The number of methoxy groups -OCH3 is 2. The lowest BCUT2D eigenvalue weighted by atomic mass is 10.2. The number of carbonyl (C=O) groups excluding carboxylic acids is 1. The summed E-state index contributed by atoms with van der Waals surface area (Å²) < 4.78 is 44.8. The smallest absolute Gasteiger partial charge is 0.264 e. The van der Waals surface area contributed by atoms with Crippen LogP contribution in [0, 0.1) is 6.92 Å². The molecule has 0 aliphatic heterocycles. The van der Waals surface area contributed by atoms with Crippen LogP contribution >= 0.6 is 11.6 Å². The van der Waals surface area contributed by atoms with Crippen LogP contribution in [0.15, 0.2) is 52.0 Å². The predicted octanol–water partition coefficient (Wildman–Crippen LogP) is 3.96. The second-order valence-corrected chi connectivity index (χ2v) is 10.6. The van der Waals surface area contributed by atoms with Crippen molar-refractivity contribution < 1.29 is 27.1 Å². The molecule has 0 saturated carbocycles. The van der Waals surface area contributed by atoms with E-state index in [0.29, 0.717) is 29.6 Å².